The minimum atomic E-state index is 1.22. The van der Waals surface area contributed by atoms with Crippen LogP contribution in [-0.2, 0) is 0 Å². The van der Waals surface area contributed by atoms with E-state index in [0.717, 1.165) is 0 Å². The highest BCUT2D eigenvalue weighted by molar-refractivity contribution is 7.15. The third-order valence-electron chi connectivity index (χ3n) is 2.78. The van der Waals surface area contributed by atoms with Gasteiger partial charge in [-0.05, 0) is 43.7 Å². The van der Waals surface area contributed by atoms with Crippen molar-refractivity contribution in [2.75, 3.05) is 0 Å². The Balaban J connectivity index is 0.000000574. The zero-order valence-corrected chi connectivity index (χ0v) is 12.2. The third-order valence-corrected chi connectivity index (χ3v) is 3.82. The summed E-state index contributed by atoms with van der Waals surface area (Å²) < 4.78 is 0. The van der Waals surface area contributed by atoms with Crippen molar-refractivity contribution in [2.45, 2.75) is 27.7 Å². The van der Waals surface area contributed by atoms with Crippen molar-refractivity contribution in [3.63, 3.8) is 0 Å². The van der Waals surface area contributed by atoms with Crippen LogP contribution in [0, 0.1) is 13.8 Å². The Morgan fingerprint density at radius 1 is 0.944 bits per heavy atom. The van der Waals surface area contributed by atoms with E-state index in [1.54, 1.807) is 0 Å². The Labute approximate surface area is 112 Å². The zero-order valence-electron chi connectivity index (χ0n) is 11.4. The van der Waals surface area contributed by atoms with Gasteiger partial charge in [-0.2, -0.15) is 0 Å². The maximum absolute atomic E-state index is 3.48. The Hall–Kier alpha value is -1.54. The average molecular weight is 257 g/mol. The molecule has 0 amide bonds. The lowest BCUT2D eigenvalue weighted by molar-refractivity contribution is 1.44. The van der Waals surface area contributed by atoms with Crippen LogP contribution < -0.4 is 0 Å². The molecule has 0 bridgehead atoms. The Kier molecular flexibility index (Phi) is 3.87. The molecule has 0 unspecified atom stereocenters. The molecular weight excluding hydrogens is 238 g/mol. The van der Waals surface area contributed by atoms with E-state index < -0.39 is 0 Å². The second-order valence-electron chi connectivity index (χ2n) is 4.18. The first-order chi connectivity index (χ1) is 8.72. The lowest BCUT2D eigenvalue weighted by atomic mass is 10.2. The largest absolute Gasteiger partial charge is 0.354 e. The molecule has 3 rings (SSSR count). The normalized spacial score (nSPS) is 10.2. The van der Waals surface area contributed by atoms with Crippen LogP contribution in [0.2, 0.25) is 0 Å². The number of nitrogens with one attached hydrogen (secondary N) is 1. The second-order valence-corrected chi connectivity index (χ2v) is 5.47. The van der Waals surface area contributed by atoms with Crippen molar-refractivity contribution in [1.29, 1.82) is 0 Å². The van der Waals surface area contributed by atoms with Crippen LogP contribution in [0.5, 0.6) is 0 Å². The fourth-order valence-electron chi connectivity index (χ4n) is 1.95. The van der Waals surface area contributed by atoms with Crippen molar-refractivity contribution in [3.05, 3.63) is 46.8 Å². The number of aromatic nitrogens is 1. The zero-order chi connectivity index (χ0) is 13.1. The molecule has 1 aromatic carbocycles. The number of fused-ring (bicyclic) bond motifs is 1. The molecule has 2 heteroatoms. The molecule has 18 heavy (non-hydrogen) atoms. The summed E-state index contributed by atoms with van der Waals surface area (Å²) in [6.07, 6.45) is 0. The van der Waals surface area contributed by atoms with E-state index in [2.05, 4.69) is 55.2 Å². The van der Waals surface area contributed by atoms with Gasteiger partial charge in [0.05, 0.1) is 10.6 Å². The SMILES string of the molecule is CC.Cc1ccc2cc(-c3ccc(C)s3)[nH]c2c1. The van der Waals surface area contributed by atoms with Crippen LogP contribution in [0.4, 0.5) is 0 Å². The topological polar surface area (TPSA) is 15.8 Å². The highest BCUT2D eigenvalue weighted by Crippen LogP contribution is 2.29. The van der Waals surface area contributed by atoms with Gasteiger partial charge in [-0.3, -0.25) is 0 Å². The molecule has 2 aromatic heterocycles. The van der Waals surface area contributed by atoms with Gasteiger partial charge in [-0.1, -0.05) is 26.0 Å². The predicted molar refractivity (Wildman–Crippen MR) is 82.4 cm³/mol. The van der Waals surface area contributed by atoms with Crippen molar-refractivity contribution in [1.82, 2.24) is 4.98 Å². The quantitative estimate of drug-likeness (QED) is 0.589. The fraction of sp³-hybridized carbons (Fsp3) is 0.250. The summed E-state index contributed by atoms with van der Waals surface area (Å²) in [5, 5.41) is 1.28. The molecule has 0 saturated carbocycles. The molecule has 0 aliphatic heterocycles. The lowest BCUT2D eigenvalue weighted by Gasteiger charge is -1.91. The van der Waals surface area contributed by atoms with E-state index in [1.165, 1.54) is 31.9 Å². The number of hydrogen-bond donors (Lipinski definition) is 1. The van der Waals surface area contributed by atoms with Gasteiger partial charge in [0.25, 0.3) is 0 Å². The summed E-state index contributed by atoms with van der Waals surface area (Å²) >= 11 is 1.83. The monoisotopic (exact) mass is 257 g/mol. The number of hydrogen-bond acceptors (Lipinski definition) is 1. The predicted octanol–water partition coefficient (Wildman–Crippen LogP) is 5.54. The maximum atomic E-state index is 3.48. The van der Waals surface area contributed by atoms with Crippen LogP contribution in [-0.4, -0.2) is 4.98 Å². The minimum absolute atomic E-state index is 1.22. The number of rotatable bonds is 1. The second kappa shape index (κ2) is 5.40. The molecule has 0 aliphatic rings. The van der Waals surface area contributed by atoms with Crippen LogP contribution in [0.25, 0.3) is 21.5 Å². The van der Waals surface area contributed by atoms with Gasteiger partial charge in [0, 0.05) is 15.8 Å². The summed E-state index contributed by atoms with van der Waals surface area (Å²) in [6, 6.07) is 13.1. The summed E-state index contributed by atoms with van der Waals surface area (Å²) in [5.74, 6) is 0. The van der Waals surface area contributed by atoms with E-state index >= 15 is 0 Å². The average Bonchev–Trinajstić information content (AvgIpc) is 2.97. The fourth-order valence-corrected chi connectivity index (χ4v) is 2.79. The summed E-state index contributed by atoms with van der Waals surface area (Å²) in [6.45, 7) is 8.26. The van der Waals surface area contributed by atoms with Gasteiger partial charge < -0.3 is 4.98 Å². The van der Waals surface area contributed by atoms with E-state index in [9.17, 15) is 0 Å². The number of H-pyrrole nitrogens is 1. The number of thiophene rings is 1. The molecule has 3 aromatic rings. The molecular formula is C16H19NS. The summed E-state index contributed by atoms with van der Waals surface area (Å²) in [5.41, 5.74) is 3.74. The Morgan fingerprint density at radius 2 is 1.72 bits per heavy atom. The number of benzene rings is 1. The van der Waals surface area contributed by atoms with Crippen LogP contribution >= 0.6 is 11.3 Å². The molecule has 2 heterocycles. The molecule has 0 saturated heterocycles. The standard InChI is InChI=1S/C14H13NS.C2H6/c1-9-3-5-11-8-13(15-12(11)7-9)14-6-4-10(2)16-14;1-2/h3-8,15H,1-2H3;1-2H3. The smallest absolute Gasteiger partial charge is 0.0566 e. The van der Waals surface area contributed by atoms with Crippen LogP contribution in [0.1, 0.15) is 24.3 Å². The third kappa shape index (κ3) is 2.49. The van der Waals surface area contributed by atoms with Gasteiger partial charge in [0.15, 0.2) is 0 Å². The van der Waals surface area contributed by atoms with Crippen molar-refractivity contribution < 1.29 is 0 Å². The molecule has 1 N–H and O–H groups in total. The number of aryl methyl sites for hydroxylation is 2. The van der Waals surface area contributed by atoms with Crippen LogP contribution in [0.15, 0.2) is 36.4 Å². The van der Waals surface area contributed by atoms with Gasteiger partial charge in [-0.15, -0.1) is 11.3 Å². The van der Waals surface area contributed by atoms with E-state index in [4.69, 9.17) is 0 Å². The summed E-state index contributed by atoms with van der Waals surface area (Å²) in [4.78, 5) is 6.14. The molecule has 94 valence electrons. The highest BCUT2D eigenvalue weighted by atomic mass is 32.1. The minimum Gasteiger partial charge on any atom is -0.354 e. The van der Waals surface area contributed by atoms with Gasteiger partial charge in [-0.25, -0.2) is 0 Å². The first-order valence-electron chi connectivity index (χ1n) is 6.38. The molecule has 0 fully saturated rings. The molecule has 0 radical (unpaired) electrons. The Morgan fingerprint density at radius 3 is 2.39 bits per heavy atom. The summed E-state index contributed by atoms with van der Waals surface area (Å²) in [7, 11) is 0. The van der Waals surface area contributed by atoms with Gasteiger partial charge in [0.1, 0.15) is 0 Å². The molecule has 0 atom stereocenters. The highest BCUT2D eigenvalue weighted by Gasteiger charge is 2.04. The molecule has 0 aliphatic carbocycles. The van der Waals surface area contributed by atoms with E-state index in [-0.39, 0.29) is 0 Å². The van der Waals surface area contributed by atoms with E-state index in [0.29, 0.717) is 0 Å². The Bertz CT molecular complexity index is 646. The van der Waals surface area contributed by atoms with Crippen LogP contribution in [0.3, 0.4) is 0 Å². The van der Waals surface area contributed by atoms with Crippen molar-refractivity contribution in [3.8, 4) is 10.6 Å². The number of aromatic amines is 1. The lowest BCUT2D eigenvalue weighted by Crippen LogP contribution is -1.72. The maximum Gasteiger partial charge on any atom is 0.0566 e. The first kappa shape index (κ1) is 12.9. The van der Waals surface area contributed by atoms with Crippen molar-refractivity contribution >= 4 is 22.2 Å². The van der Waals surface area contributed by atoms with Gasteiger partial charge in [0.2, 0.25) is 0 Å². The first-order valence-corrected chi connectivity index (χ1v) is 7.20. The van der Waals surface area contributed by atoms with E-state index in [1.807, 2.05) is 25.2 Å². The van der Waals surface area contributed by atoms with Gasteiger partial charge >= 0.3 is 0 Å². The molecule has 0 spiro atoms. The van der Waals surface area contributed by atoms with Crippen molar-refractivity contribution in [2.24, 2.45) is 0 Å². The molecule has 1 nitrogen and oxygen atoms in total.